The number of primary amides is 1. The van der Waals surface area contributed by atoms with E-state index in [4.69, 9.17) is 17.3 Å². The van der Waals surface area contributed by atoms with Crippen molar-refractivity contribution in [2.75, 3.05) is 13.1 Å². The summed E-state index contributed by atoms with van der Waals surface area (Å²) in [4.78, 5) is 25.7. The molecular weight excluding hydrogens is 300 g/mol. The molecule has 120 valence electrons. The molecule has 4 nitrogen and oxygen atoms in total. The lowest BCUT2D eigenvalue weighted by molar-refractivity contribution is -0.137. The first-order valence-corrected chi connectivity index (χ1v) is 8.02. The molecule has 2 amide bonds. The molecule has 1 aromatic carbocycles. The van der Waals surface area contributed by atoms with Gasteiger partial charge in [-0.15, -0.1) is 0 Å². The lowest BCUT2D eigenvalue weighted by Crippen LogP contribution is -2.47. The monoisotopic (exact) mass is 322 g/mol. The van der Waals surface area contributed by atoms with Crippen molar-refractivity contribution in [2.45, 2.75) is 38.5 Å². The minimum atomic E-state index is -0.582. The molecule has 0 atom stereocenters. The summed E-state index contributed by atoms with van der Waals surface area (Å²) in [6.45, 7) is 5.25. The Kier molecular flexibility index (Phi) is 5.12. The van der Waals surface area contributed by atoms with Gasteiger partial charge in [-0.3, -0.25) is 9.59 Å². The minimum absolute atomic E-state index is 0.118. The van der Waals surface area contributed by atoms with Crippen LogP contribution in [-0.4, -0.2) is 29.8 Å². The first-order valence-electron chi connectivity index (χ1n) is 7.64. The van der Waals surface area contributed by atoms with Crippen molar-refractivity contribution in [3.63, 3.8) is 0 Å². The number of benzene rings is 1. The van der Waals surface area contributed by atoms with Gasteiger partial charge in [-0.2, -0.15) is 0 Å². The van der Waals surface area contributed by atoms with Gasteiger partial charge in [0.2, 0.25) is 11.8 Å². The third-order valence-electron chi connectivity index (χ3n) is 4.49. The molecule has 1 saturated heterocycles. The van der Waals surface area contributed by atoms with Crippen LogP contribution < -0.4 is 5.73 Å². The number of carbonyl (C=O) groups excluding carboxylic acids is 2. The maximum atomic E-state index is 12.8. The van der Waals surface area contributed by atoms with Gasteiger partial charge in [0.15, 0.2) is 0 Å². The number of piperidine rings is 1. The molecule has 1 fully saturated rings. The molecule has 0 aliphatic carbocycles. The highest BCUT2D eigenvalue weighted by atomic mass is 35.5. The van der Waals surface area contributed by atoms with Gasteiger partial charge in [0.05, 0.1) is 5.41 Å². The Morgan fingerprint density at radius 1 is 1.23 bits per heavy atom. The Bertz CT molecular complexity index is 546. The predicted molar refractivity (Wildman–Crippen MR) is 87.6 cm³/mol. The maximum absolute atomic E-state index is 12.8. The van der Waals surface area contributed by atoms with Crippen molar-refractivity contribution in [2.24, 2.45) is 11.7 Å². The number of rotatable bonds is 4. The SMILES string of the molecule is CC(C)(C(=O)N1CCC(CC(N)=O)CC1)c1ccc(Cl)cc1. The number of hydrogen-bond donors (Lipinski definition) is 1. The molecule has 22 heavy (non-hydrogen) atoms. The summed E-state index contributed by atoms with van der Waals surface area (Å²) in [6.07, 6.45) is 2.10. The molecule has 2 rings (SSSR count). The van der Waals surface area contributed by atoms with Crippen LogP contribution in [0.3, 0.4) is 0 Å². The van der Waals surface area contributed by atoms with Gasteiger partial charge in [0.25, 0.3) is 0 Å². The molecular formula is C17H23ClN2O2. The van der Waals surface area contributed by atoms with Crippen molar-refractivity contribution in [1.29, 1.82) is 0 Å². The van der Waals surface area contributed by atoms with E-state index in [2.05, 4.69) is 0 Å². The second-order valence-corrected chi connectivity index (χ2v) is 6.97. The Labute approximate surface area is 136 Å². The number of amides is 2. The van der Waals surface area contributed by atoms with Crippen LogP contribution in [0, 0.1) is 5.92 Å². The van der Waals surface area contributed by atoms with E-state index in [-0.39, 0.29) is 11.8 Å². The average Bonchev–Trinajstić information content (AvgIpc) is 2.47. The van der Waals surface area contributed by atoms with Crippen LogP contribution in [0.2, 0.25) is 5.02 Å². The van der Waals surface area contributed by atoms with Crippen molar-refractivity contribution in [3.8, 4) is 0 Å². The highest BCUT2D eigenvalue weighted by Gasteiger charge is 2.35. The number of nitrogens with zero attached hydrogens (tertiary/aromatic N) is 1. The van der Waals surface area contributed by atoms with E-state index < -0.39 is 5.41 Å². The lowest BCUT2D eigenvalue weighted by Gasteiger charge is -2.37. The van der Waals surface area contributed by atoms with Gasteiger partial charge >= 0.3 is 0 Å². The van der Waals surface area contributed by atoms with Crippen LogP contribution in [0.4, 0.5) is 0 Å². The first-order chi connectivity index (χ1) is 10.3. The zero-order chi connectivity index (χ0) is 16.3. The molecule has 0 spiro atoms. The molecule has 1 heterocycles. The average molecular weight is 323 g/mol. The van der Waals surface area contributed by atoms with E-state index in [0.717, 1.165) is 18.4 Å². The molecule has 1 aliphatic heterocycles. The molecule has 1 aromatic rings. The fourth-order valence-corrected chi connectivity index (χ4v) is 3.14. The number of hydrogen-bond acceptors (Lipinski definition) is 2. The zero-order valence-electron chi connectivity index (χ0n) is 13.1. The van der Waals surface area contributed by atoms with Gasteiger partial charge in [-0.05, 0) is 50.3 Å². The standard InChI is InChI=1S/C17H23ClN2O2/c1-17(2,13-3-5-14(18)6-4-13)16(22)20-9-7-12(8-10-20)11-15(19)21/h3-6,12H,7-11H2,1-2H3,(H2,19,21). The van der Waals surface area contributed by atoms with Crippen LogP contribution >= 0.6 is 11.6 Å². The molecule has 0 unspecified atom stereocenters. The van der Waals surface area contributed by atoms with E-state index in [0.29, 0.717) is 30.5 Å². The smallest absolute Gasteiger partial charge is 0.232 e. The second-order valence-electron chi connectivity index (χ2n) is 6.54. The molecule has 5 heteroatoms. The van der Waals surface area contributed by atoms with Crippen LogP contribution in [0.1, 0.15) is 38.7 Å². The molecule has 0 radical (unpaired) electrons. The van der Waals surface area contributed by atoms with E-state index in [9.17, 15) is 9.59 Å². The molecule has 2 N–H and O–H groups in total. The van der Waals surface area contributed by atoms with Crippen LogP contribution in [0.15, 0.2) is 24.3 Å². The van der Waals surface area contributed by atoms with Crippen molar-refractivity contribution in [3.05, 3.63) is 34.9 Å². The van der Waals surface area contributed by atoms with Crippen molar-refractivity contribution >= 4 is 23.4 Å². The maximum Gasteiger partial charge on any atom is 0.232 e. The van der Waals surface area contributed by atoms with Gasteiger partial charge in [-0.1, -0.05) is 23.7 Å². The Balaban J connectivity index is 2.02. The predicted octanol–water partition coefficient (Wildman–Crippen LogP) is 2.73. The van der Waals surface area contributed by atoms with E-state index >= 15 is 0 Å². The number of likely N-dealkylation sites (tertiary alicyclic amines) is 1. The van der Waals surface area contributed by atoms with E-state index in [1.165, 1.54) is 0 Å². The summed E-state index contributed by atoms with van der Waals surface area (Å²) in [6, 6.07) is 7.43. The number of nitrogens with two attached hydrogens (primary N) is 1. The lowest BCUT2D eigenvalue weighted by atomic mass is 9.82. The first kappa shape index (κ1) is 16.8. The molecule has 1 aliphatic rings. The largest absolute Gasteiger partial charge is 0.370 e. The summed E-state index contributed by atoms with van der Waals surface area (Å²) >= 11 is 5.91. The second kappa shape index (κ2) is 6.69. The van der Waals surface area contributed by atoms with Gasteiger partial charge in [0, 0.05) is 24.5 Å². The minimum Gasteiger partial charge on any atom is -0.370 e. The van der Waals surface area contributed by atoms with E-state index in [1.807, 2.05) is 43.0 Å². The quantitative estimate of drug-likeness (QED) is 0.926. The van der Waals surface area contributed by atoms with Crippen molar-refractivity contribution < 1.29 is 9.59 Å². The summed E-state index contributed by atoms with van der Waals surface area (Å²) in [5, 5.41) is 0.666. The summed E-state index contributed by atoms with van der Waals surface area (Å²) in [5.74, 6) is 0.166. The Morgan fingerprint density at radius 3 is 2.27 bits per heavy atom. The number of carbonyl (C=O) groups is 2. The number of halogens is 1. The highest BCUT2D eigenvalue weighted by Crippen LogP contribution is 2.29. The topological polar surface area (TPSA) is 63.4 Å². The van der Waals surface area contributed by atoms with Crippen LogP contribution in [-0.2, 0) is 15.0 Å². The molecule has 0 aromatic heterocycles. The summed E-state index contributed by atoms with van der Waals surface area (Å²) < 4.78 is 0. The van der Waals surface area contributed by atoms with Crippen LogP contribution in [0.5, 0.6) is 0 Å². The Morgan fingerprint density at radius 2 is 1.77 bits per heavy atom. The third kappa shape index (κ3) is 3.80. The molecule has 0 saturated carbocycles. The molecule has 0 bridgehead atoms. The highest BCUT2D eigenvalue weighted by molar-refractivity contribution is 6.30. The zero-order valence-corrected chi connectivity index (χ0v) is 13.9. The van der Waals surface area contributed by atoms with Gasteiger partial charge in [0.1, 0.15) is 0 Å². The van der Waals surface area contributed by atoms with Crippen LogP contribution in [0.25, 0.3) is 0 Å². The summed E-state index contributed by atoms with van der Waals surface area (Å²) in [7, 11) is 0. The fraction of sp³-hybridized carbons (Fsp3) is 0.529. The van der Waals surface area contributed by atoms with Crippen molar-refractivity contribution in [1.82, 2.24) is 4.90 Å². The normalized spacial score (nSPS) is 16.6. The van der Waals surface area contributed by atoms with Gasteiger partial charge in [-0.25, -0.2) is 0 Å². The van der Waals surface area contributed by atoms with E-state index in [1.54, 1.807) is 0 Å². The fourth-order valence-electron chi connectivity index (χ4n) is 3.01. The third-order valence-corrected chi connectivity index (χ3v) is 4.74. The van der Waals surface area contributed by atoms with Gasteiger partial charge < -0.3 is 10.6 Å². The summed E-state index contributed by atoms with van der Waals surface area (Å²) in [5.41, 5.74) is 5.62. The Hall–Kier alpha value is -1.55.